The van der Waals surface area contributed by atoms with E-state index in [1.807, 2.05) is 0 Å². The second kappa shape index (κ2) is 8.07. The Morgan fingerprint density at radius 1 is 1.12 bits per heavy atom. The number of anilines is 1. The van der Waals surface area contributed by atoms with Crippen LogP contribution in [-0.2, 0) is 25.7 Å². The van der Waals surface area contributed by atoms with Gasteiger partial charge >= 0.3 is 5.97 Å². The van der Waals surface area contributed by atoms with E-state index in [9.17, 15) is 23.6 Å². The van der Waals surface area contributed by atoms with Crippen LogP contribution in [0.1, 0.15) is 28.8 Å². The average molecular weight is 439 g/mol. The Morgan fingerprint density at radius 3 is 2.53 bits per heavy atom. The van der Waals surface area contributed by atoms with Gasteiger partial charge in [-0.05, 0) is 29.8 Å². The number of benzene rings is 2. The zero-order valence-corrected chi connectivity index (χ0v) is 17.7. The van der Waals surface area contributed by atoms with E-state index in [0.717, 1.165) is 0 Å². The summed E-state index contributed by atoms with van der Waals surface area (Å²) in [4.78, 5) is 55.2. The Kier molecular flexibility index (Phi) is 5.41. The van der Waals surface area contributed by atoms with E-state index in [1.165, 1.54) is 40.9 Å². The van der Waals surface area contributed by atoms with Crippen molar-refractivity contribution in [1.82, 2.24) is 9.80 Å². The maximum Gasteiger partial charge on any atom is 0.354 e. The lowest BCUT2D eigenvalue weighted by molar-refractivity contribution is -0.161. The predicted octanol–water partition coefficient (Wildman–Crippen LogP) is 1.94. The average Bonchev–Trinajstić information content (AvgIpc) is 3.15. The Bertz CT molecular complexity index is 1100. The summed E-state index contributed by atoms with van der Waals surface area (Å²) in [7, 11) is 2.99. The van der Waals surface area contributed by atoms with Crippen molar-refractivity contribution < 1.29 is 28.3 Å². The lowest BCUT2D eigenvalue weighted by Gasteiger charge is -2.46. The Morgan fingerprint density at radius 2 is 1.81 bits per heavy atom. The summed E-state index contributed by atoms with van der Waals surface area (Å²) in [6, 6.07) is 12.3. The molecule has 3 amide bonds. The third kappa shape index (κ3) is 3.39. The van der Waals surface area contributed by atoms with E-state index in [-0.39, 0.29) is 31.1 Å². The summed E-state index contributed by atoms with van der Waals surface area (Å²) in [5.41, 5.74) is -0.231. The van der Waals surface area contributed by atoms with Gasteiger partial charge in [-0.1, -0.05) is 24.3 Å². The number of esters is 1. The van der Waals surface area contributed by atoms with Crippen LogP contribution in [0.25, 0.3) is 0 Å². The summed E-state index contributed by atoms with van der Waals surface area (Å²) in [6.45, 7) is -0.345. The van der Waals surface area contributed by atoms with Crippen molar-refractivity contribution in [3.63, 3.8) is 0 Å². The minimum Gasteiger partial charge on any atom is -0.452 e. The molecule has 1 fully saturated rings. The zero-order chi connectivity index (χ0) is 23.0. The quantitative estimate of drug-likeness (QED) is 0.665. The van der Waals surface area contributed by atoms with Crippen LogP contribution in [0.4, 0.5) is 10.1 Å². The van der Waals surface area contributed by atoms with Crippen LogP contribution in [0, 0.1) is 5.82 Å². The number of hydrogen-bond acceptors (Lipinski definition) is 5. The van der Waals surface area contributed by atoms with Crippen LogP contribution in [0.3, 0.4) is 0 Å². The van der Waals surface area contributed by atoms with Crippen LogP contribution in [-0.4, -0.2) is 59.9 Å². The number of para-hydroxylation sites is 1. The maximum atomic E-state index is 13.2. The highest BCUT2D eigenvalue weighted by molar-refractivity contribution is 6.15. The molecule has 1 atom stereocenters. The third-order valence-corrected chi connectivity index (χ3v) is 5.95. The fourth-order valence-corrected chi connectivity index (χ4v) is 4.20. The number of ether oxygens (including phenoxy) is 1. The number of carbonyl (C=O) groups excluding carboxylic acids is 4. The highest BCUT2D eigenvalue weighted by Gasteiger charge is 2.60. The standard InChI is InChI=1S/C23H22FN3O5/c1-25(13-15-7-9-16(24)10-8-15)20(29)14-32-22(31)23-12-11-19(28)27(23)18-6-4-3-5-17(18)21(30)26(23)2/h3-10H,11-14H2,1-2H3. The molecule has 1 saturated heterocycles. The second-order valence-corrected chi connectivity index (χ2v) is 7.88. The second-order valence-electron chi connectivity index (χ2n) is 7.88. The van der Waals surface area contributed by atoms with Crippen molar-refractivity contribution in [3.05, 3.63) is 65.5 Å². The van der Waals surface area contributed by atoms with Crippen molar-refractivity contribution in [2.24, 2.45) is 0 Å². The number of fused-ring (bicyclic) bond motifs is 3. The summed E-state index contributed by atoms with van der Waals surface area (Å²) in [6.07, 6.45) is 0.139. The molecular weight excluding hydrogens is 417 g/mol. The summed E-state index contributed by atoms with van der Waals surface area (Å²) < 4.78 is 18.4. The van der Waals surface area contributed by atoms with Gasteiger partial charge in [-0.25, -0.2) is 9.18 Å². The molecule has 32 heavy (non-hydrogen) atoms. The normalized spacial score (nSPS) is 19.5. The van der Waals surface area contributed by atoms with E-state index in [2.05, 4.69) is 0 Å². The van der Waals surface area contributed by atoms with Crippen molar-refractivity contribution in [3.8, 4) is 0 Å². The highest BCUT2D eigenvalue weighted by Crippen LogP contribution is 2.44. The molecule has 0 saturated carbocycles. The number of nitrogens with zero attached hydrogens (tertiary/aromatic N) is 3. The zero-order valence-electron chi connectivity index (χ0n) is 17.7. The molecule has 0 bridgehead atoms. The van der Waals surface area contributed by atoms with E-state index in [4.69, 9.17) is 4.74 Å². The fourth-order valence-electron chi connectivity index (χ4n) is 4.20. The maximum absolute atomic E-state index is 13.2. The van der Waals surface area contributed by atoms with Crippen LogP contribution < -0.4 is 4.90 Å². The number of likely N-dealkylation sites (N-methyl/N-ethyl adjacent to an activating group) is 2. The Labute approximate surface area is 184 Å². The molecule has 0 radical (unpaired) electrons. The summed E-state index contributed by atoms with van der Waals surface area (Å²) in [5, 5.41) is 0. The molecule has 8 nitrogen and oxygen atoms in total. The smallest absolute Gasteiger partial charge is 0.354 e. The molecule has 1 unspecified atom stereocenters. The minimum atomic E-state index is -1.63. The van der Waals surface area contributed by atoms with Crippen LogP contribution in [0.2, 0.25) is 0 Å². The number of halogens is 1. The monoisotopic (exact) mass is 439 g/mol. The first-order chi connectivity index (χ1) is 15.3. The fraction of sp³-hybridized carbons (Fsp3) is 0.304. The highest BCUT2D eigenvalue weighted by atomic mass is 19.1. The molecule has 2 aromatic rings. The molecule has 4 rings (SSSR count). The third-order valence-electron chi connectivity index (χ3n) is 5.95. The van der Waals surface area contributed by atoms with E-state index in [1.54, 1.807) is 36.4 Å². The number of hydrogen-bond donors (Lipinski definition) is 0. The van der Waals surface area contributed by atoms with Gasteiger partial charge in [0.25, 0.3) is 11.8 Å². The van der Waals surface area contributed by atoms with Gasteiger partial charge in [-0.15, -0.1) is 0 Å². The number of amides is 3. The first kappa shape index (κ1) is 21.5. The molecule has 2 heterocycles. The van der Waals surface area contributed by atoms with Crippen molar-refractivity contribution in [2.45, 2.75) is 25.0 Å². The van der Waals surface area contributed by atoms with Crippen LogP contribution in [0.15, 0.2) is 48.5 Å². The molecular formula is C23H22FN3O5. The van der Waals surface area contributed by atoms with Gasteiger partial charge < -0.3 is 14.5 Å². The Hall–Kier alpha value is -3.75. The van der Waals surface area contributed by atoms with Gasteiger partial charge in [0.05, 0.1) is 11.3 Å². The number of carbonyl (C=O) groups is 4. The molecule has 0 aromatic heterocycles. The van der Waals surface area contributed by atoms with Gasteiger partial charge in [0, 0.05) is 33.5 Å². The lowest BCUT2D eigenvalue weighted by Crippen LogP contribution is -2.67. The molecule has 166 valence electrons. The first-order valence-electron chi connectivity index (χ1n) is 10.1. The van der Waals surface area contributed by atoms with E-state index >= 15 is 0 Å². The molecule has 2 aliphatic heterocycles. The predicted molar refractivity (Wildman–Crippen MR) is 112 cm³/mol. The number of rotatable bonds is 5. The van der Waals surface area contributed by atoms with E-state index in [0.29, 0.717) is 16.8 Å². The Balaban J connectivity index is 1.51. The van der Waals surface area contributed by atoms with Crippen molar-refractivity contribution in [2.75, 3.05) is 25.6 Å². The topological polar surface area (TPSA) is 87.2 Å². The van der Waals surface area contributed by atoms with Crippen molar-refractivity contribution in [1.29, 1.82) is 0 Å². The van der Waals surface area contributed by atoms with Crippen LogP contribution in [0.5, 0.6) is 0 Å². The van der Waals surface area contributed by atoms with Crippen molar-refractivity contribution >= 4 is 29.4 Å². The van der Waals surface area contributed by atoms with Gasteiger partial charge in [0.1, 0.15) is 5.82 Å². The first-order valence-corrected chi connectivity index (χ1v) is 10.1. The van der Waals surface area contributed by atoms with E-state index < -0.39 is 30.1 Å². The van der Waals surface area contributed by atoms with Gasteiger partial charge in [0.15, 0.2) is 6.61 Å². The molecule has 0 spiro atoms. The van der Waals surface area contributed by atoms with Gasteiger partial charge in [-0.2, -0.15) is 0 Å². The summed E-state index contributed by atoms with van der Waals surface area (Å²) in [5.74, 6) is -2.38. The largest absolute Gasteiger partial charge is 0.452 e. The molecule has 0 N–H and O–H groups in total. The molecule has 2 aromatic carbocycles. The van der Waals surface area contributed by atoms with Gasteiger partial charge in [0.2, 0.25) is 11.6 Å². The summed E-state index contributed by atoms with van der Waals surface area (Å²) >= 11 is 0. The van der Waals surface area contributed by atoms with Crippen LogP contribution >= 0.6 is 0 Å². The lowest BCUT2D eigenvalue weighted by atomic mass is 9.97. The van der Waals surface area contributed by atoms with Gasteiger partial charge in [-0.3, -0.25) is 19.3 Å². The molecule has 2 aliphatic rings. The minimum absolute atomic E-state index is 0.0689. The molecule has 9 heteroatoms. The SMILES string of the molecule is CN(Cc1ccc(F)cc1)C(=O)COC(=O)C12CCC(=O)N1c1ccccc1C(=O)N2C. The molecule has 0 aliphatic carbocycles.